The number of aliphatic hydroxyl groups excluding tert-OH is 1. The van der Waals surface area contributed by atoms with Gasteiger partial charge in [-0.05, 0) is 38.0 Å². The third-order valence-electron chi connectivity index (χ3n) is 4.00. The molecule has 1 unspecified atom stereocenters. The molecule has 1 fully saturated rings. The molecule has 1 rings (SSSR count). The fourth-order valence-corrected chi connectivity index (χ4v) is 2.87. The molecule has 20 heavy (non-hydrogen) atoms. The van der Waals surface area contributed by atoms with Gasteiger partial charge >= 0.3 is 6.03 Å². The van der Waals surface area contributed by atoms with E-state index in [1.165, 1.54) is 25.7 Å². The van der Waals surface area contributed by atoms with Crippen molar-refractivity contribution in [2.45, 2.75) is 64.0 Å². The topological polar surface area (TPSA) is 70.6 Å². The summed E-state index contributed by atoms with van der Waals surface area (Å²) in [6.45, 7) is 3.02. The van der Waals surface area contributed by atoms with Crippen LogP contribution >= 0.6 is 0 Å². The molecule has 0 aromatic carbocycles. The van der Waals surface area contributed by atoms with Crippen LogP contribution in [0.1, 0.15) is 51.9 Å². The minimum Gasteiger partial charge on any atom is -0.391 e. The fourth-order valence-electron chi connectivity index (χ4n) is 2.87. The molecule has 1 aliphatic rings. The second kappa shape index (κ2) is 10.00. The zero-order valence-electron chi connectivity index (χ0n) is 12.9. The van der Waals surface area contributed by atoms with Crippen molar-refractivity contribution < 1.29 is 14.6 Å². The summed E-state index contributed by atoms with van der Waals surface area (Å²) in [4.78, 5) is 11.7. The van der Waals surface area contributed by atoms with Crippen LogP contribution in [-0.4, -0.2) is 43.5 Å². The van der Waals surface area contributed by atoms with Gasteiger partial charge in [0.15, 0.2) is 0 Å². The van der Waals surface area contributed by atoms with Crippen LogP contribution in [0.3, 0.4) is 0 Å². The number of aliphatic hydroxyl groups is 1. The van der Waals surface area contributed by atoms with Crippen molar-refractivity contribution in [2.24, 2.45) is 5.92 Å². The highest BCUT2D eigenvalue weighted by Crippen LogP contribution is 2.27. The first kappa shape index (κ1) is 17.2. The summed E-state index contributed by atoms with van der Waals surface area (Å²) in [6.07, 6.45) is 7.21. The Morgan fingerprint density at radius 2 is 2.05 bits per heavy atom. The lowest BCUT2D eigenvalue weighted by atomic mass is 9.83. The van der Waals surface area contributed by atoms with E-state index >= 15 is 0 Å². The van der Waals surface area contributed by atoms with Crippen molar-refractivity contribution in [1.29, 1.82) is 0 Å². The van der Waals surface area contributed by atoms with Gasteiger partial charge in [0, 0.05) is 19.7 Å². The molecule has 0 saturated heterocycles. The largest absolute Gasteiger partial charge is 0.391 e. The Kier molecular flexibility index (Phi) is 8.62. The summed E-state index contributed by atoms with van der Waals surface area (Å²) < 4.78 is 4.83. The molecule has 1 aliphatic carbocycles. The maximum Gasteiger partial charge on any atom is 0.315 e. The smallest absolute Gasteiger partial charge is 0.315 e. The number of carbonyl (C=O) groups excluding carboxylic acids is 1. The van der Waals surface area contributed by atoms with Crippen LogP contribution in [0.15, 0.2) is 0 Å². The Balaban J connectivity index is 2.08. The predicted molar refractivity (Wildman–Crippen MR) is 79.7 cm³/mol. The molecule has 0 bridgehead atoms. The molecule has 0 aliphatic heterocycles. The summed E-state index contributed by atoms with van der Waals surface area (Å²) in [5.41, 5.74) is 0. The minimum absolute atomic E-state index is 0.117. The highest BCUT2D eigenvalue weighted by Gasteiger charge is 2.21. The number of carbonyl (C=O) groups is 1. The van der Waals surface area contributed by atoms with Crippen LogP contribution in [0.25, 0.3) is 0 Å². The number of hydrogen-bond donors (Lipinski definition) is 3. The summed E-state index contributed by atoms with van der Waals surface area (Å²) in [6, 6.07) is 0.195. The molecule has 0 radical (unpaired) electrons. The number of hydrogen-bond acceptors (Lipinski definition) is 3. The highest BCUT2D eigenvalue weighted by atomic mass is 16.5. The Morgan fingerprint density at radius 3 is 2.65 bits per heavy atom. The first-order chi connectivity index (χ1) is 9.65. The molecule has 1 saturated carbocycles. The Labute approximate surface area is 122 Å². The monoisotopic (exact) mass is 286 g/mol. The molecule has 3 N–H and O–H groups in total. The van der Waals surface area contributed by atoms with Crippen molar-refractivity contribution in [3.05, 3.63) is 0 Å². The Bertz CT molecular complexity index is 266. The Hall–Kier alpha value is -0.810. The van der Waals surface area contributed by atoms with Crippen molar-refractivity contribution >= 4 is 6.03 Å². The molecule has 5 heteroatoms. The molecule has 0 heterocycles. The van der Waals surface area contributed by atoms with Crippen LogP contribution in [0, 0.1) is 5.92 Å². The van der Waals surface area contributed by atoms with E-state index in [4.69, 9.17) is 4.74 Å². The average Bonchev–Trinajstić information content (AvgIpc) is 2.41. The second-order valence-electron chi connectivity index (χ2n) is 5.80. The van der Waals surface area contributed by atoms with Crippen LogP contribution in [0.2, 0.25) is 0 Å². The van der Waals surface area contributed by atoms with Crippen LogP contribution < -0.4 is 10.6 Å². The zero-order chi connectivity index (χ0) is 14.8. The lowest BCUT2D eigenvalue weighted by Crippen LogP contribution is -2.44. The van der Waals surface area contributed by atoms with Gasteiger partial charge in [0.05, 0.1) is 12.7 Å². The standard InChI is InChI=1S/C15H30N2O3/c1-3-4-12-5-7-13(8-6-12)17-15(19)16-10-9-14(18)11-20-2/h12-14,18H,3-11H2,1-2H3,(H2,16,17,19). The first-order valence-corrected chi connectivity index (χ1v) is 7.87. The van der Waals surface area contributed by atoms with E-state index in [2.05, 4.69) is 17.6 Å². The number of urea groups is 1. The van der Waals surface area contributed by atoms with Crippen LogP contribution in [0.4, 0.5) is 4.79 Å². The van der Waals surface area contributed by atoms with Gasteiger partial charge in [-0.3, -0.25) is 0 Å². The van der Waals surface area contributed by atoms with Gasteiger partial charge in [-0.2, -0.15) is 0 Å². The second-order valence-corrected chi connectivity index (χ2v) is 5.80. The summed E-state index contributed by atoms with van der Waals surface area (Å²) in [7, 11) is 1.55. The van der Waals surface area contributed by atoms with Crippen LogP contribution in [0.5, 0.6) is 0 Å². The van der Waals surface area contributed by atoms with Crippen molar-refractivity contribution in [2.75, 3.05) is 20.3 Å². The number of methoxy groups -OCH3 is 1. The van der Waals surface area contributed by atoms with Gasteiger partial charge in [0.25, 0.3) is 0 Å². The number of rotatable bonds is 8. The molecular weight excluding hydrogens is 256 g/mol. The normalized spacial score (nSPS) is 24.1. The molecule has 0 aromatic rings. The SMILES string of the molecule is CCCC1CCC(NC(=O)NCCC(O)COC)CC1. The first-order valence-electron chi connectivity index (χ1n) is 7.87. The third-order valence-corrected chi connectivity index (χ3v) is 4.00. The molecular formula is C15H30N2O3. The summed E-state index contributed by atoms with van der Waals surface area (Å²) in [5, 5.41) is 15.3. The lowest BCUT2D eigenvalue weighted by Gasteiger charge is -2.29. The van der Waals surface area contributed by atoms with Gasteiger partial charge in [-0.1, -0.05) is 19.8 Å². The molecule has 2 amide bonds. The van der Waals surface area contributed by atoms with Crippen molar-refractivity contribution in [3.63, 3.8) is 0 Å². The predicted octanol–water partition coefficient (Wildman–Crippen LogP) is 2.04. The molecule has 118 valence electrons. The Morgan fingerprint density at radius 1 is 1.35 bits per heavy atom. The number of amides is 2. The van der Waals surface area contributed by atoms with Gasteiger partial charge < -0.3 is 20.5 Å². The zero-order valence-corrected chi connectivity index (χ0v) is 12.9. The van der Waals surface area contributed by atoms with Gasteiger partial charge in [-0.25, -0.2) is 4.79 Å². The third kappa shape index (κ3) is 7.10. The molecule has 0 spiro atoms. The lowest BCUT2D eigenvalue weighted by molar-refractivity contribution is 0.0598. The van der Waals surface area contributed by atoms with E-state index in [0.29, 0.717) is 25.6 Å². The number of nitrogens with one attached hydrogen (secondary N) is 2. The van der Waals surface area contributed by atoms with E-state index in [1.54, 1.807) is 7.11 Å². The van der Waals surface area contributed by atoms with Gasteiger partial charge in [-0.15, -0.1) is 0 Å². The minimum atomic E-state index is -0.509. The molecule has 1 atom stereocenters. The highest BCUT2D eigenvalue weighted by molar-refractivity contribution is 5.74. The van der Waals surface area contributed by atoms with Gasteiger partial charge in [0.2, 0.25) is 0 Å². The van der Waals surface area contributed by atoms with Gasteiger partial charge in [0.1, 0.15) is 0 Å². The van der Waals surface area contributed by atoms with E-state index in [9.17, 15) is 9.90 Å². The molecule has 5 nitrogen and oxygen atoms in total. The summed E-state index contributed by atoms with van der Waals surface area (Å²) >= 11 is 0. The average molecular weight is 286 g/mol. The fraction of sp³-hybridized carbons (Fsp3) is 0.933. The maximum absolute atomic E-state index is 11.7. The van der Waals surface area contributed by atoms with E-state index in [-0.39, 0.29) is 6.03 Å². The van der Waals surface area contributed by atoms with Crippen molar-refractivity contribution in [3.8, 4) is 0 Å². The summed E-state index contributed by atoms with van der Waals surface area (Å²) in [5.74, 6) is 0.852. The number of ether oxygens (including phenoxy) is 1. The van der Waals surface area contributed by atoms with E-state index in [1.807, 2.05) is 0 Å². The van der Waals surface area contributed by atoms with Crippen molar-refractivity contribution in [1.82, 2.24) is 10.6 Å². The van der Waals surface area contributed by atoms with Crippen LogP contribution in [-0.2, 0) is 4.74 Å². The molecule has 0 aromatic heterocycles. The quantitative estimate of drug-likeness (QED) is 0.639. The maximum atomic E-state index is 11.7. The van der Waals surface area contributed by atoms with E-state index in [0.717, 1.165) is 18.8 Å². The van der Waals surface area contributed by atoms with E-state index < -0.39 is 6.10 Å².